The van der Waals surface area contributed by atoms with Gasteiger partial charge in [0.25, 0.3) is 5.91 Å². The summed E-state index contributed by atoms with van der Waals surface area (Å²) in [5, 5.41) is 16.5. The molecule has 3 aromatic rings. The molecule has 0 spiro atoms. The van der Waals surface area contributed by atoms with Crippen LogP contribution in [0.3, 0.4) is 0 Å². The lowest BCUT2D eigenvalue weighted by Crippen LogP contribution is -2.30. The molecular weight excluding hydrogens is 414 g/mol. The number of aliphatic carboxylic acids is 1. The van der Waals surface area contributed by atoms with Crippen molar-refractivity contribution in [2.45, 2.75) is 19.4 Å². The Morgan fingerprint density at radius 3 is 2.34 bits per heavy atom. The quantitative estimate of drug-likeness (QED) is 0.527. The van der Waals surface area contributed by atoms with Crippen LogP contribution in [0.15, 0.2) is 48.7 Å². The minimum absolute atomic E-state index is 0.143. The summed E-state index contributed by atoms with van der Waals surface area (Å²) in [5.74, 6) is -0.00999. The lowest BCUT2D eigenvalue weighted by Gasteiger charge is -2.18. The largest absolute Gasteiger partial charge is 0.494 e. The third-order valence-corrected chi connectivity index (χ3v) is 4.90. The highest BCUT2D eigenvalue weighted by atomic mass is 16.5. The maximum absolute atomic E-state index is 12.9. The molecule has 9 heteroatoms. The third-order valence-electron chi connectivity index (χ3n) is 4.90. The number of carbonyl (C=O) groups excluding carboxylic acids is 1. The van der Waals surface area contributed by atoms with Crippen molar-refractivity contribution in [3.8, 4) is 22.9 Å². The number of carboxylic acids is 1. The Balaban J connectivity index is 1.87. The number of hydrogen-bond donors (Lipinski definition) is 2. The molecule has 0 saturated heterocycles. The molecule has 0 aliphatic rings. The van der Waals surface area contributed by atoms with Crippen LogP contribution in [0.2, 0.25) is 0 Å². The number of ether oxygens (including phenoxy) is 3. The van der Waals surface area contributed by atoms with E-state index in [0.29, 0.717) is 28.5 Å². The molecule has 0 saturated carbocycles. The summed E-state index contributed by atoms with van der Waals surface area (Å²) >= 11 is 0. The smallest absolute Gasteiger partial charge is 0.305 e. The molecule has 0 bridgehead atoms. The number of carboxylic acid groups (broad SMARTS) is 1. The van der Waals surface area contributed by atoms with E-state index < -0.39 is 17.9 Å². The Morgan fingerprint density at radius 1 is 1.00 bits per heavy atom. The highest BCUT2D eigenvalue weighted by molar-refractivity contribution is 5.92. The van der Waals surface area contributed by atoms with Gasteiger partial charge in [0.05, 0.1) is 33.8 Å². The molecule has 168 valence electrons. The molecule has 32 heavy (non-hydrogen) atoms. The monoisotopic (exact) mass is 439 g/mol. The second kappa shape index (κ2) is 9.86. The van der Waals surface area contributed by atoms with Crippen molar-refractivity contribution in [3.05, 3.63) is 65.5 Å². The van der Waals surface area contributed by atoms with Crippen LogP contribution in [-0.4, -0.2) is 48.1 Å². The highest BCUT2D eigenvalue weighted by Crippen LogP contribution is 2.31. The van der Waals surface area contributed by atoms with Gasteiger partial charge < -0.3 is 24.6 Å². The van der Waals surface area contributed by atoms with Gasteiger partial charge in [0, 0.05) is 6.20 Å². The van der Waals surface area contributed by atoms with Crippen molar-refractivity contribution in [3.63, 3.8) is 0 Å². The molecule has 0 radical (unpaired) electrons. The number of nitrogens with zero attached hydrogens (tertiary/aromatic N) is 2. The first-order chi connectivity index (χ1) is 15.4. The van der Waals surface area contributed by atoms with Gasteiger partial charge in [-0.05, 0) is 48.4 Å². The molecule has 0 aliphatic heterocycles. The average Bonchev–Trinajstić information content (AvgIpc) is 3.28. The van der Waals surface area contributed by atoms with E-state index in [2.05, 4.69) is 10.4 Å². The number of carbonyl (C=O) groups is 2. The minimum atomic E-state index is -1.06. The topological polar surface area (TPSA) is 112 Å². The van der Waals surface area contributed by atoms with Gasteiger partial charge in [-0.25, -0.2) is 4.68 Å². The average molecular weight is 439 g/mol. The maximum Gasteiger partial charge on any atom is 0.305 e. The number of rotatable bonds is 9. The first-order valence-electron chi connectivity index (χ1n) is 9.81. The van der Waals surface area contributed by atoms with Gasteiger partial charge in [0.2, 0.25) is 0 Å². The summed E-state index contributed by atoms with van der Waals surface area (Å²) < 4.78 is 17.4. The summed E-state index contributed by atoms with van der Waals surface area (Å²) in [6, 6.07) is 11.4. The first kappa shape index (κ1) is 22.7. The van der Waals surface area contributed by atoms with Crippen molar-refractivity contribution in [2.75, 3.05) is 21.3 Å². The predicted molar refractivity (Wildman–Crippen MR) is 117 cm³/mol. The van der Waals surface area contributed by atoms with Crippen LogP contribution in [0.25, 0.3) is 5.69 Å². The first-order valence-corrected chi connectivity index (χ1v) is 9.81. The van der Waals surface area contributed by atoms with E-state index in [-0.39, 0.29) is 12.1 Å². The summed E-state index contributed by atoms with van der Waals surface area (Å²) in [4.78, 5) is 24.3. The van der Waals surface area contributed by atoms with Crippen LogP contribution in [0.5, 0.6) is 17.2 Å². The second-order valence-electron chi connectivity index (χ2n) is 7.06. The lowest BCUT2D eigenvalue weighted by molar-refractivity contribution is -0.137. The predicted octanol–water partition coefficient (Wildman–Crippen LogP) is 3.15. The van der Waals surface area contributed by atoms with E-state index in [0.717, 1.165) is 5.56 Å². The van der Waals surface area contributed by atoms with Gasteiger partial charge in [0.15, 0.2) is 17.2 Å². The van der Waals surface area contributed by atoms with E-state index in [9.17, 15) is 14.7 Å². The number of amides is 1. The second-order valence-corrected chi connectivity index (χ2v) is 7.06. The van der Waals surface area contributed by atoms with Crippen LogP contribution in [-0.2, 0) is 4.79 Å². The Hall–Kier alpha value is -4.01. The number of aromatic nitrogens is 2. The summed E-state index contributed by atoms with van der Waals surface area (Å²) in [7, 11) is 4.55. The SMILES string of the molecule is COc1ccc([C@H](CC(=O)O)NC(=O)c2ccn(-c3cc(C)ccc3OC)n2)cc1OC. The van der Waals surface area contributed by atoms with E-state index in [4.69, 9.17) is 14.2 Å². The molecule has 0 fully saturated rings. The van der Waals surface area contributed by atoms with Crippen molar-refractivity contribution in [2.24, 2.45) is 0 Å². The minimum Gasteiger partial charge on any atom is -0.494 e. The fourth-order valence-electron chi connectivity index (χ4n) is 3.29. The number of benzene rings is 2. The van der Waals surface area contributed by atoms with E-state index in [1.54, 1.807) is 42.3 Å². The lowest BCUT2D eigenvalue weighted by atomic mass is 10.0. The zero-order valence-corrected chi connectivity index (χ0v) is 18.3. The fraction of sp³-hybridized carbons (Fsp3) is 0.261. The molecule has 9 nitrogen and oxygen atoms in total. The van der Waals surface area contributed by atoms with Crippen LogP contribution >= 0.6 is 0 Å². The van der Waals surface area contributed by atoms with E-state index in [1.807, 2.05) is 25.1 Å². The van der Waals surface area contributed by atoms with Gasteiger partial charge in [-0.3, -0.25) is 9.59 Å². The van der Waals surface area contributed by atoms with E-state index in [1.165, 1.54) is 14.2 Å². The van der Waals surface area contributed by atoms with Crippen molar-refractivity contribution >= 4 is 11.9 Å². The number of methoxy groups -OCH3 is 3. The summed E-state index contributed by atoms with van der Waals surface area (Å²) in [6.45, 7) is 1.94. The number of nitrogens with one attached hydrogen (secondary N) is 1. The zero-order chi connectivity index (χ0) is 23.3. The summed E-state index contributed by atoms with van der Waals surface area (Å²) in [5.41, 5.74) is 2.41. The molecule has 3 rings (SSSR count). The molecule has 1 aromatic heterocycles. The molecular formula is C23H25N3O6. The molecule has 2 aromatic carbocycles. The Kier molecular flexibility index (Phi) is 6.99. The zero-order valence-electron chi connectivity index (χ0n) is 18.3. The molecule has 1 atom stereocenters. The van der Waals surface area contributed by atoms with Crippen molar-refractivity contribution in [1.82, 2.24) is 15.1 Å². The summed E-state index contributed by atoms with van der Waals surface area (Å²) in [6.07, 6.45) is 1.34. The maximum atomic E-state index is 12.9. The Morgan fingerprint density at radius 2 is 1.69 bits per heavy atom. The van der Waals surface area contributed by atoms with Crippen molar-refractivity contribution < 1.29 is 28.9 Å². The van der Waals surface area contributed by atoms with Crippen LogP contribution in [0, 0.1) is 6.92 Å². The molecule has 2 N–H and O–H groups in total. The number of aryl methyl sites for hydroxylation is 1. The Bertz CT molecular complexity index is 1120. The van der Waals surface area contributed by atoms with Crippen LogP contribution in [0.1, 0.15) is 34.1 Å². The standard InChI is InChI=1S/C23H25N3O6/c1-14-5-7-19(30-2)18(11-14)26-10-9-16(25-26)23(29)24-17(13-22(27)28)15-6-8-20(31-3)21(12-15)32-4/h5-12,17H,13H2,1-4H3,(H,24,29)(H,27,28)/t17-/m0/s1. The van der Waals surface area contributed by atoms with E-state index >= 15 is 0 Å². The molecule has 0 aliphatic carbocycles. The Labute approximate surface area is 185 Å². The van der Waals surface area contributed by atoms with Gasteiger partial charge >= 0.3 is 5.97 Å². The van der Waals surface area contributed by atoms with Crippen LogP contribution < -0.4 is 19.5 Å². The van der Waals surface area contributed by atoms with Gasteiger partial charge in [-0.2, -0.15) is 5.10 Å². The molecule has 1 heterocycles. The van der Waals surface area contributed by atoms with Gasteiger partial charge in [-0.15, -0.1) is 0 Å². The molecule has 0 unspecified atom stereocenters. The molecule has 1 amide bonds. The highest BCUT2D eigenvalue weighted by Gasteiger charge is 2.22. The third kappa shape index (κ3) is 5.00. The van der Waals surface area contributed by atoms with Gasteiger partial charge in [-0.1, -0.05) is 12.1 Å². The fourth-order valence-corrected chi connectivity index (χ4v) is 3.29. The van der Waals surface area contributed by atoms with Crippen molar-refractivity contribution in [1.29, 1.82) is 0 Å². The van der Waals surface area contributed by atoms with Gasteiger partial charge in [0.1, 0.15) is 11.4 Å². The number of hydrogen-bond acceptors (Lipinski definition) is 6. The normalized spacial score (nSPS) is 11.5. The van der Waals surface area contributed by atoms with Crippen LogP contribution in [0.4, 0.5) is 0 Å².